The molecule has 114 valence electrons. The smallest absolute Gasteiger partial charge is 0.274 e. The molecule has 1 aromatic heterocycles. The van der Waals surface area contributed by atoms with E-state index in [1.807, 2.05) is 42.5 Å². The molecule has 0 aliphatic carbocycles. The molecule has 6 heteroatoms. The van der Waals surface area contributed by atoms with Crippen molar-refractivity contribution in [3.63, 3.8) is 0 Å². The first kappa shape index (κ1) is 16.5. The molecular formula is C17H13ClN4O. The van der Waals surface area contributed by atoms with Gasteiger partial charge in [-0.05, 0) is 11.6 Å². The Balaban J connectivity index is 2.26. The number of amides is 1. The number of benzene rings is 1. The number of rotatable bonds is 5. The molecule has 0 atom stereocenters. The topological polar surface area (TPSA) is 80.8 Å². The van der Waals surface area contributed by atoms with Crippen LogP contribution in [0.1, 0.15) is 28.0 Å². The quantitative estimate of drug-likeness (QED) is 0.846. The van der Waals surface area contributed by atoms with Crippen LogP contribution in [-0.2, 0) is 6.54 Å². The number of carbonyl (C=O) groups excluding carboxylic acids is 1. The summed E-state index contributed by atoms with van der Waals surface area (Å²) in [6.07, 6.45) is 1.52. The molecule has 0 fully saturated rings. The Morgan fingerprint density at radius 3 is 2.61 bits per heavy atom. The number of nitrogens with zero attached hydrogens (tertiary/aromatic N) is 4. The third-order valence-corrected chi connectivity index (χ3v) is 3.46. The van der Waals surface area contributed by atoms with Gasteiger partial charge < -0.3 is 4.90 Å². The van der Waals surface area contributed by atoms with Crippen LogP contribution >= 0.6 is 11.6 Å². The van der Waals surface area contributed by atoms with Gasteiger partial charge in [-0.3, -0.25) is 4.79 Å². The normalized spacial score (nSPS) is 9.70. The molecule has 1 amide bonds. The maximum absolute atomic E-state index is 12.7. The molecular weight excluding hydrogens is 312 g/mol. The minimum absolute atomic E-state index is 0.0829. The van der Waals surface area contributed by atoms with E-state index in [2.05, 4.69) is 4.98 Å². The summed E-state index contributed by atoms with van der Waals surface area (Å²) in [6.45, 7) is 0.640. The Morgan fingerprint density at radius 2 is 2.00 bits per heavy atom. The number of carbonyl (C=O) groups is 1. The molecule has 0 aliphatic rings. The Hall–Kier alpha value is -2.89. The van der Waals surface area contributed by atoms with Crippen molar-refractivity contribution in [3.05, 3.63) is 64.4 Å². The van der Waals surface area contributed by atoms with Gasteiger partial charge in [0.25, 0.3) is 5.91 Å². The molecule has 0 bridgehead atoms. The fourth-order valence-corrected chi connectivity index (χ4v) is 2.29. The van der Waals surface area contributed by atoms with Gasteiger partial charge in [-0.15, -0.1) is 0 Å². The Labute approximate surface area is 139 Å². The van der Waals surface area contributed by atoms with E-state index in [0.717, 1.165) is 5.56 Å². The third-order valence-electron chi connectivity index (χ3n) is 3.17. The van der Waals surface area contributed by atoms with Gasteiger partial charge >= 0.3 is 0 Å². The summed E-state index contributed by atoms with van der Waals surface area (Å²) in [5.41, 5.74) is 1.32. The van der Waals surface area contributed by atoms with E-state index in [0.29, 0.717) is 6.54 Å². The number of halogens is 1. The van der Waals surface area contributed by atoms with Crippen LogP contribution in [0.2, 0.25) is 5.02 Å². The average Bonchev–Trinajstić information content (AvgIpc) is 2.58. The Bertz CT molecular complexity index is 777. The SMILES string of the molecule is N#CCCN(Cc1ccccc1)C(=O)c1ncc(C#N)cc1Cl. The van der Waals surface area contributed by atoms with Gasteiger partial charge in [0, 0.05) is 19.3 Å². The first-order valence-corrected chi connectivity index (χ1v) is 7.29. The van der Waals surface area contributed by atoms with Crippen LogP contribution in [-0.4, -0.2) is 22.3 Å². The predicted molar refractivity (Wildman–Crippen MR) is 85.4 cm³/mol. The van der Waals surface area contributed by atoms with Crippen molar-refractivity contribution in [2.24, 2.45) is 0 Å². The van der Waals surface area contributed by atoms with Gasteiger partial charge in [0.15, 0.2) is 0 Å². The van der Waals surface area contributed by atoms with Gasteiger partial charge in [0.1, 0.15) is 11.8 Å². The van der Waals surface area contributed by atoms with Gasteiger partial charge in [0.2, 0.25) is 0 Å². The van der Waals surface area contributed by atoms with E-state index in [1.165, 1.54) is 17.2 Å². The molecule has 0 N–H and O–H groups in total. The minimum atomic E-state index is -0.362. The zero-order valence-electron chi connectivity index (χ0n) is 12.2. The highest BCUT2D eigenvalue weighted by atomic mass is 35.5. The summed E-state index contributed by atoms with van der Waals surface area (Å²) >= 11 is 6.06. The lowest BCUT2D eigenvalue weighted by Crippen LogP contribution is -2.32. The molecule has 0 unspecified atom stereocenters. The number of hydrogen-bond acceptors (Lipinski definition) is 4. The van der Waals surface area contributed by atoms with Crippen molar-refractivity contribution in [2.45, 2.75) is 13.0 Å². The third kappa shape index (κ3) is 4.29. The first-order valence-electron chi connectivity index (χ1n) is 6.91. The van der Waals surface area contributed by atoms with Crippen LogP contribution in [0.3, 0.4) is 0 Å². The average molecular weight is 325 g/mol. The summed E-state index contributed by atoms with van der Waals surface area (Å²) in [6, 6.07) is 14.8. The van der Waals surface area contributed by atoms with E-state index >= 15 is 0 Å². The number of pyridine rings is 1. The summed E-state index contributed by atoms with van der Waals surface area (Å²) in [4.78, 5) is 18.2. The zero-order chi connectivity index (χ0) is 16.7. The lowest BCUT2D eigenvalue weighted by atomic mass is 10.2. The maximum atomic E-state index is 12.7. The second kappa shape index (κ2) is 7.93. The summed E-state index contributed by atoms with van der Waals surface area (Å²) in [5.74, 6) is -0.362. The van der Waals surface area contributed by atoms with Crippen LogP contribution in [0.15, 0.2) is 42.6 Å². The minimum Gasteiger partial charge on any atom is -0.332 e. The van der Waals surface area contributed by atoms with Crippen molar-refractivity contribution in [2.75, 3.05) is 6.54 Å². The number of hydrogen-bond donors (Lipinski definition) is 0. The molecule has 1 aromatic carbocycles. The lowest BCUT2D eigenvalue weighted by molar-refractivity contribution is 0.0741. The molecule has 23 heavy (non-hydrogen) atoms. The van der Waals surface area contributed by atoms with Crippen molar-refractivity contribution in [1.82, 2.24) is 9.88 Å². The molecule has 0 saturated heterocycles. The second-order valence-corrected chi connectivity index (χ2v) is 5.19. The highest BCUT2D eigenvalue weighted by Gasteiger charge is 2.20. The molecule has 0 saturated carbocycles. The monoisotopic (exact) mass is 324 g/mol. The van der Waals surface area contributed by atoms with Gasteiger partial charge in [-0.25, -0.2) is 4.98 Å². The summed E-state index contributed by atoms with van der Waals surface area (Å²) in [5, 5.41) is 17.8. The van der Waals surface area contributed by atoms with Gasteiger partial charge in [0.05, 0.1) is 23.1 Å². The maximum Gasteiger partial charge on any atom is 0.274 e. The van der Waals surface area contributed by atoms with Crippen LogP contribution in [0.25, 0.3) is 0 Å². The molecule has 0 radical (unpaired) electrons. The Morgan fingerprint density at radius 1 is 1.26 bits per heavy atom. The highest BCUT2D eigenvalue weighted by molar-refractivity contribution is 6.33. The largest absolute Gasteiger partial charge is 0.332 e. The summed E-state index contributed by atoms with van der Waals surface area (Å²) in [7, 11) is 0. The summed E-state index contributed by atoms with van der Waals surface area (Å²) < 4.78 is 0. The van der Waals surface area contributed by atoms with Crippen molar-refractivity contribution in [3.8, 4) is 12.1 Å². The molecule has 5 nitrogen and oxygen atoms in total. The predicted octanol–water partition coefficient (Wildman–Crippen LogP) is 3.16. The number of nitriles is 2. The molecule has 1 heterocycles. The standard InChI is InChI=1S/C17H13ClN4O/c18-15-9-14(10-20)11-21-16(15)17(23)22(8-4-7-19)12-13-5-2-1-3-6-13/h1-3,5-6,9,11H,4,8,12H2. The van der Waals surface area contributed by atoms with Crippen molar-refractivity contribution < 1.29 is 4.79 Å². The van der Waals surface area contributed by atoms with E-state index < -0.39 is 0 Å². The number of aromatic nitrogens is 1. The van der Waals surface area contributed by atoms with Crippen molar-refractivity contribution in [1.29, 1.82) is 10.5 Å². The van der Waals surface area contributed by atoms with Crippen LogP contribution < -0.4 is 0 Å². The lowest BCUT2D eigenvalue weighted by Gasteiger charge is -2.21. The van der Waals surface area contributed by atoms with E-state index in [4.69, 9.17) is 22.1 Å². The van der Waals surface area contributed by atoms with Crippen molar-refractivity contribution >= 4 is 17.5 Å². The highest BCUT2D eigenvalue weighted by Crippen LogP contribution is 2.18. The first-order chi connectivity index (χ1) is 11.2. The van der Waals surface area contributed by atoms with E-state index in [9.17, 15) is 4.79 Å². The van der Waals surface area contributed by atoms with Gasteiger partial charge in [-0.1, -0.05) is 41.9 Å². The van der Waals surface area contributed by atoms with Crippen LogP contribution in [0.4, 0.5) is 0 Å². The Kier molecular flexibility index (Phi) is 5.68. The fraction of sp³-hybridized carbons (Fsp3) is 0.176. The fourth-order valence-electron chi connectivity index (χ4n) is 2.05. The van der Waals surface area contributed by atoms with Crippen LogP contribution in [0, 0.1) is 22.7 Å². The van der Waals surface area contributed by atoms with E-state index in [-0.39, 0.29) is 35.2 Å². The second-order valence-electron chi connectivity index (χ2n) is 4.79. The van der Waals surface area contributed by atoms with E-state index in [1.54, 1.807) is 0 Å². The molecule has 2 rings (SSSR count). The molecule has 0 aliphatic heterocycles. The zero-order valence-corrected chi connectivity index (χ0v) is 13.0. The molecule has 2 aromatic rings. The van der Waals surface area contributed by atoms with Gasteiger partial charge in [-0.2, -0.15) is 10.5 Å². The molecule has 0 spiro atoms. The van der Waals surface area contributed by atoms with Crippen LogP contribution in [0.5, 0.6) is 0 Å².